The van der Waals surface area contributed by atoms with E-state index < -0.39 is 33.9 Å². The Morgan fingerprint density at radius 2 is 1.89 bits per heavy atom. The fourth-order valence-electron chi connectivity index (χ4n) is 3.14. The third kappa shape index (κ3) is 5.68. The largest absolute Gasteiger partial charge is 1.00 e. The van der Waals surface area contributed by atoms with Gasteiger partial charge in [0.25, 0.3) is 11.2 Å². The second-order valence-electron chi connectivity index (χ2n) is 7.03. The van der Waals surface area contributed by atoms with Gasteiger partial charge in [-0.2, -0.15) is 0 Å². The summed E-state index contributed by atoms with van der Waals surface area (Å²) >= 11 is 0. The number of carboxylic acids is 1. The summed E-state index contributed by atoms with van der Waals surface area (Å²) in [5.41, 5.74) is -1.63. The Balaban J connectivity index is 0.00000361. The van der Waals surface area contributed by atoms with Crippen LogP contribution in [-0.4, -0.2) is 44.0 Å². The minimum Gasteiger partial charge on any atom is -0.543 e. The molecule has 0 aliphatic carbocycles. The number of amides is 1. The zero-order valence-corrected chi connectivity index (χ0v) is 20.9. The predicted molar refractivity (Wildman–Crippen MR) is 118 cm³/mol. The molecule has 3 N–H and O–H groups in total. The number of aromatic nitrogens is 4. The van der Waals surface area contributed by atoms with Crippen LogP contribution in [-0.2, 0) is 11.3 Å². The number of hydrogen-bond acceptors (Lipinski definition) is 10. The minimum atomic E-state index is -1.79. The topological polar surface area (TPSA) is 205 Å². The number of carbonyl (C=O) groups is 2. The normalized spacial score (nSPS) is 10.4. The molecule has 0 fully saturated rings. The molecule has 4 rings (SSSR count). The van der Waals surface area contributed by atoms with Gasteiger partial charge in [0.2, 0.25) is 0 Å². The molecule has 0 unspecified atom stereocenters. The van der Waals surface area contributed by atoms with Crippen molar-refractivity contribution in [2.45, 2.75) is 6.61 Å². The molecule has 0 atom stereocenters. The third-order valence-corrected chi connectivity index (χ3v) is 4.78. The maximum absolute atomic E-state index is 12.0. The summed E-state index contributed by atoms with van der Waals surface area (Å²) in [6.07, 6.45) is 0.572. The van der Waals surface area contributed by atoms with Crippen molar-refractivity contribution in [1.82, 2.24) is 19.9 Å². The number of hydrogen-bond donors (Lipinski definition) is 3. The van der Waals surface area contributed by atoms with Crippen molar-refractivity contribution in [2.75, 3.05) is 12.4 Å². The van der Waals surface area contributed by atoms with E-state index in [4.69, 9.17) is 9.47 Å². The van der Waals surface area contributed by atoms with Crippen LogP contribution >= 0.6 is 0 Å². The Morgan fingerprint density at radius 1 is 1.17 bits per heavy atom. The van der Waals surface area contributed by atoms with Crippen molar-refractivity contribution in [3.05, 3.63) is 74.5 Å². The van der Waals surface area contributed by atoms with E-state index in [0.717, 1.165) is 6.07 Å². The van der Waals surface area contributed by atoms with Gasteiger partial charge in [0.05, 0.1) is 46.5 Å². The van der Waals surface area contributed by atoms with Gasteiger partial charge in [-0.15, -0.1) is 0 Å². The molecule has 15 heteroatoms. The number of carbonyl (C=O) groups excluding carboxylic acids is 2. The smallest absolute Gasteiger partial charge is 0.543 e. The van der Waals surface area contributed by atoms with Gasteiger partial charge in [-0.05, 0) is 30.3 Å². The number of fused-ring (bicyclic) bond motifs is 1. The summed E-state index contributed by atoms with van der Waals surface area (Å²) in [4.78, 5) is 58.7. The number of benzene rings is 2. The Bertz CT molecular complexity index is 1520. The van der Waals surface area contributed by atoms with Gasteiger partial charge in [0, 0.05) is 11.8 Å². The Kier molecular flexibility index (Phi) is 8.03. The minimum absolute atomic E-state index is 0. The fourth-order valence-corrected chi connectivity index (χ4v) is 3.14. The van der Waals surface area contributed by atoms with E-state index >= 15 is 0 Å². The van der Waals surface area contributed by atoms with Crippen LogP contribution in [0.4, 0.5) is 16.2 Å². The average Bonchev–Trinajstić information content (AvgIpc) is 3.31. The summed E-state index contributed by atoms with van der Waals surface area (Å²) in [6.45, 7) is -0.225. The molecule has 2 heterocycles. The number of nitro groups is 1. The monoisotopic (exact) mass is 502 g/mol. The number of imidazole rings is 1. The summed E-state index contributed by atoms with van der Waals surface area (Å²) in [5.74, 6) is -1.14. The summed E-state index contributed by atoms with van der Waals surface area (Å²) in [6, 6.07) is 8.82. The van der Waals surface area contributed by atoms with Crippen LogP contribution in [0.2, 0.25) is 0 Å². The second-order valence-corrected chi connectivity index (χ2v) is 7.03. The molecule has 0 radical (unpaired) electrons. The van der Waals surface area contributed by atoms with Gasteiger partial charge in [0.1, 0.15) is 18.2 Å². The maximum atomic E-state index is 12.0. The number of aromatic amines is 2. The number of anilines is 1. The Labute approximate surface area is 223 Å². The third-order valence-electron chi connectivity index (χ3n) is 4.78. The van der Waals surface area contributed by atoms with Crippen LogP contribution in [0.25, 0.3) is 22.4 Å². The number of H-pyrrole nitrogens is 2. The zero-order chi connectivity index (χ0) is 25.1. The number of ether oxygens (including phenoxy) is 2. The van der Waals surface area contributed by atoms with Crippen LogP contribution in [0.1, 0.15) is 16.2 Å². The van der Waals surface area contributed by atoms with E-state index in [2.05, 4.69) is 25.3 Å². The van der Waals surface area contributed by atoms with Crippen molar-refractivity contribution in [3.8, 4) is 17.1 Å². The molecule has 36 heavy (non-hydrogen) atoms. The first kappa shape index (κ1) is 26.3. The number of aromatic carboxylic acids is 1. The van der Waals surface area contributed by atoms with Crippen LogP contribution in [0.5, 0.6) is 5.75 Å². The Hall–Kier alpha value is -4.27. The number of nitrogens with one attached hydrogen (secondary N) is 3. The molecule has 0 spiro atoms. The Morgan fingerprint density at radius 3 is 2.53 bits per heavy atom. The van der Waals surface area contributed by atoms with Crippen molar-refractivity contribution < 1.29 is 58.6 Å². The number of nitro benzene ring substituents is 1. The summed E-state index contributed by atoms with van der Waals surface area (Å²) in [5, 5.41) is 25.2. The van der Waals surface area contributed by atoms with Gasteiger partial charge in [-0.1, -0.05) is 0 Å². The van der Waals surface area contributed by atoms with Crippen molar-refractivity contribution in [1.29, 1.82) is 0 Å². The summed E-state index contributed by atoms with van der Waals surface area (Å²) in [7, 11) is 1.52. The molecule has 0 saturated carbocycles. The fraction of sp³-hybridized carbons (Fsp3) is 0.0952. The van der Waals surface area contributed by atoms with E-state index in [1.165, 1.54) is 19.4 Å². The molecule has 4 aromatic rings. The second kappa shape index (κ2) is 11.0. The van der Waals surface area contributed by atoms with Gasteiger partial charge in [0.15, 0.2) is 5.69 Å². The molecule has 0 saturated heterocycles. The number of rotatable bonds is 7. The first-order chi connectivity index (χ1) is 16.7. The molecular weight excluding hydrogens is 487 g/mol. The van der Waals surface area contributed by atoms with E-state index in [1.807, 2.05) is 0 Å². The standard InChI is InChI=1S/C21H16N6O8.Na/c1-34-12-4-2-10(3-5-12)24-21(31)35-9-11-8-22-18(23-11)13-6-14-15(7-16(13)27(32)33)26-19(28)17(25-14)20(29)30;/h2-8H,9H2,1H3,(H,22,23)(H,24,31)(H,26,28)(H,29,30);/q;+1/p-1. The molecule has 0 aliphatic heterocycles. The van der Waals surface area contributed by atoms with Gasteiger partial charge in [-0.25, -0.2) is 14.8 Å². The van der Waals surface area contributed by atoms with Crippen LogP contribution in [0.15, 0.2) is 47.4 Å². The van der Waals surface area contributed by atoms with E-state index in [-0.39, 0.29) is 58.6 Å². The van der Waals surface area contributed by atoms with Crippen molar-refractivity contribution in [3.63, 3.8) is 0 Å². The van der Waals surface area contributed by atoms with E-state index in [1.54, 1.807) is 24.3 Å². The molecular formula is C21H15N6NaO8. The van der Waals surface area contributed by atoms with Crippen LogP contribution < -0.4 is 50.3 Å². The van der Waals surface area contributed by atoms with E-state index in [0.29, 0.717) is 17.1 Å². The first-order valence-corrected chi connectivity index (χ1v) is 9.81. The van der Waals surface area contributed by atoms with Crippen molar-refractivity contribution in [2.24, 2.45) is 0 Å². The quantitative estimate of drug-likeness (QED) is 0.149. The predicted octanol–water partition coefficient (Wildman–Crippen LogP) is -1.65. The van der Waals surface area contributed by atoms with Gasteiger partial charge < -0.3 is 29.3 Å². The maximum Gasteiger partial charge on any atom is 1.00 e. The molecule has 0 bridgehead atoms. The molecule has 178 valence electrons. The number of methoxy groups -OCH3 is 1. The molecule has 0 aliphatic rings. The number of nitrogens with zero attached hydrogens (tertiary/aromatic N) is 3. The summed E-state index contributed by atoms with van der Waals surface area (Å²) < 4.78 is 10.2. The molecule has 2 aromatic heterocycles. The molecule has 2 aromatic carbocycles. The number of carboxylic acid groups (broad SMARTS) is 1. The van der Waals surface area contributed by atoms with Gasteiger partial charge in [-0.3, -0.25) is 20.2 Å². The SMILES string of the molecule is COc1ccc(NC(=O)OCc2cnc(-c3cc4nc(C(=O)[O-])c(=O)[nH]c4cc3[N+](=O)[O-])[nH]2)cc1.[Na+]. The van der Waals surface area contributed by atoms with Crippen molar-refractivity contribution >= 4 is 34.5 Å². The molecule has 1 amide bonds. The molecule has 14 nitrogen and oxygen atoms in total. The zero-order valence-electron chi connectivity index (χ0n) is 18.9. The van der Waals surface area contributed by atoms with Crippen LogP contribution in [0.3, 0.4) is 0 Å². The first-order valence-electron chi connectivity index (χ1n) is 9.81. The van der Waals surface area contributed by atoms with Gasteiger partial charge >= 0.3 is 35.7 Å². The van der Waals surface area contributed by atoms with E-state index in [9.17, 15) is 29.6 Å². The average molecular weight is 502 g/mol. The van der Waals surface area contributed by atoms with Crippen LogP contribution in [0, 0.1) is 10.1 Å².